The van der Waals surface area contributed by atoms with Crippen LogP contribution in [0, 0.1) is 0 Å². The van der Waals surface area contributed by atoms with E-state index in [1.807, 2.05) is 67.7 Å². The highest BCUT2D eigenvalue weighted by molar-refractivity contribution is 6.37. The van der Waals surface area contributed by atoms with Gasteiger partial charge < -0.3 is 15.8 Å². The first kappa shape index (κ1) is 20.0. The van der Waals surface area contributed by atoms with Gasteiger partial charge in [-0.05, 0) is 25.1 Å². The Morgan fingerprint density at radius 1 is 1.00 bits per heavy atom. The molecular weight excluding hydrogens is 368 g/mol. The van der Waals surface area contributed by atoms with E-state index in [9.17, 15) is 9.59 Å². The van der Waals surface area contributed by atoms with Gasteiger partial charge in [-0.3, -0.25) is 9.59 Å². The lowest BCUT2D eigenvalue weighted by molar-refractivity contribution is -0.633. The van der Waals surface area contributed by atoms with Crippen LogP contribution in [0.15, 0.2) is 65.8 Å². The first-order valence-electron chi connectivity index (χ1n) is 9.25. The standard InChI is InChI=1S/C22H22N4O3/c1-15(25-29)21(27)23-12-13-24-22(28)18-14-20(16-8-4-3-5-9-16)26(2)19-11-7-6-10-17(18)19/h3-11,14H,12-13H2,1-2H3,(H2-,23,24,27,28,29)/p+1. The molecule has 2 amide bonds. The molecule has 0 aliphatic carbocycles. The zero-order valence-corrected chi connectivity index (χ0v) is 16.3. The normalized spacial score (nSPS) is 11.3. The number of nitrogens with one attached hydrogen (secondary N) is 2. The van der Waals surface area contributed by atoms with Crippen molar-refractivity contribution in [2.45, 2.75) is 6.92 Å². The summed E-state index contributed by atoms with van der Waals surface area (Å²) in [5, 5.41) is 17.7. The fourth-order valence-corrected chi connectivity index (χ4v) is 3.13. The topological polar surface area (TPSA) is 94.7 Å². The van der Waals surface area contributed by atoms with Crippen molar-refractivity contribution < 1.29 is 19.4 Å². The summed E-state index contributed by atoms with van der Waals surface area (Å²) in [5.74, 6) is -0.703. The average Bonchev–Trinajstić information content (AvgIpc) is 2.76. The molecule has 0 saturated carbocycles. The summed E-state index contributed by atoms with van der Waals surface area (Å²) in [6, 6.07) is 19.5. The van der Waals surface area contributed by atoms with Gasteiger partial charge in [-0.2, -0.15) is 4.57 Å². The molecule has 0 spiro atoms. The highest BCUT2D eigenvalue weighted by atomic mass is 16.4. The van der Waals surface area contributed by atoms with Crippen LogP contribution in [0.5, 0.6) is 0 Å². The van der Waals surface area contributed by atoms with Crippen LogP contribution >= 0.6 is 0 Å². The van der Waals surface area contributed by atoms with Crippen LogP contribution in [-0.2, 0) is 11.8 Å². The van der Waals surface area contributed by atoms with E-state index in [4.69, 9.17) is 5.21 Å². The van der Waals surface area contributed by atoms with E-state index in [1.165, 1.54) is 6.92 Å². The van der Waals surface area contributed by atoms with Gasteiger partial charge in [0.2, 0.25) is 11.2 Å². The molecule has 0 unspecified atom stereocenters. The van der Waals surface area contributed by atoms with E-state index in [2.05, 4.69) is 20.4 Å². The summed E-state index contributed by atoms with van der Waals surface area (Å²) in [4.78, 5) is 24.5. The maximum absolute atomic E-state index is 12.9. The quantitative estimate of drug-likeness (QED) is 0.197. The largest absolute Gasteiger partial charge is 0.410 e. The predicted molar refractivity (Wildman–Crippen MR) is 111 cm³/mol. The molecule has 0 saturated heterocycles. The molecule has 0 atom stereocenters. The van der Waals surface area contributed by atoms with Crippen molar-refractivity contribution in [3.63, 3.8) is 0 Å². The summed E-state index contributed by atoms with van der Waals surface area (Å²) in [5.41, 5.74) is 3.42. The number of para-hydroxylation sites is 1. The van der Waals surface area contributed by atoms with Crippen LogP contribution in [0.3, 0.4) is 0 Å². The van der Waals surface area contributed by atoms with Crippen LogP contribution in [0.1, 0.15) is 17.3 Å². The van der Waals surface area contributed by atoms with Gasteiger partial charge in [0.05, 0.1) is 10.9 Å². The van der Waals surface area contributed by atoms with Gasteiger partial charge in [-0.1, -0.05) is 35.5 Å². The third-order valence-corrected chi connectivity index (χ3v) is 4.69. The minimum Gasteiger partial charge on any atom is -0.410 e. The Morgan fingerprint density at radius 3 is 2.38 bits per heavy atom. The lowest BCUT2D eigenvalue weighted by Crippen LogP contribution is -2.38. The summed E-state index contributed by atoms with van der Waals surface area (Å²) in [6.07, 6.45) is 0. The molecule has 0 bridgehead atoms. The zero-order valence-electron chi connectivity index (χ0n) is 16.3. The SMILES string of the molecule is C/C(=N/O)C(=O)NCCNC(=O)c1cc(-c2ccccc2)[n+](C)c2ccccc12. The number of benzene rings is 2. The van der Waals surface area contributed by atoms with Crippen molar-refractivity contribution in [1.29, 1.82) is 0 Å². The van der Waals surface area contributed by atoms with Crippen LogP contribution in [0.4, 0.5) is 0 Å². The second-order valence-corrected chi connectivity index (χ2v) is 6.58. The Balaban J connectivity index is 1.85. The van der Waals surface area contributed by atoms with Crippen molar-refractivity contribution in [2.75, 3.05) is 13.1 Å². The van der Waals surface area contributed by atoms with Gasteiger partial charge >= 0.3 is 0 Å². The number of carbonyl (C=O) groups is 2. The molecule has 0 radical (unpaired) electrons. The molecule has 0 fully saturated rings. The highest BCUT2D eigenvalue weighted by Crippen LogP contribution is 2.23. The van der Waals surface area contributed by atoms with E-state index in [0.717, 1.165) is 22.2 Å². The van der Waals surface area contributed by atoms with Gasteiger partial charge in [0.1, 0.15) is 12.8 Å². The maximum atomic E-state index is 12.9. The number of aromatic nitrogens is 1. The first-order valence-corrected chi connectivity index (χ1v) is 9.25. The fraction of sp³-hybridized carbons (Fsp3) is 0.182. The van der Waals surface area contributed by atoms with E-state index >= 15 is 0 Å². The summed E-state index contributed by atoms with van der Waals surface area (Å²) >= 11 is 0. The second kappa shape index (κ2) is 8.97. The van der Waals surface area contributed by atoms with E-state index in [-0.39, 0.29) is 24.7 Å². The Hall–Kier alpha value is -3.74. The van der Waals surface area contributed by atoms with Gasteiger partial charge in [-0.25, -0.2) is 0 Å². The van der Waals surface area contributed by atoms with Crippen molar-refractivity contribution >= 4 is 28.4 Å². The number of fused-ring (bicyclic) bond motifs is 1. The van der Waals surface area contributed by atoms with Crippen molar-refractivity contribution in [3.8, 4) is 11.3 Å². The van der Waals surface area contributed by atoms with Crippen molar-refractivity contribution in [1.82, 2.24) is 10.6 Å². The Bertz CT molecular complexity index is 1080. The van der Waals surface area contributed by atoms with Crippen LogP contribution < -0.4 is 15.2 Å². The molecular formula is C22H23N4O3+. The third kappa shape index (κ3) is 4.40. The number of pyridine rings is 1. The molecule has 3 rings (SSSR count). The average molecular weight is 391 g/mol. The predicted octanol–water partition coefficient (Wildman–Crippen LogP) is 2.03. The molecule has 3 N–H and O–H groups in total. The number of hydrogen-bond acceptors (Lipinski definition) is 4. The molecule has 0 aliphatic rings. The lowest BCUT2D eigenvalue weighted by atomic mass is 10.0. The number of amides is 2. The minimum atomic E-state index is -0.481. The van der Waals surface area contributed by atoms with Gasteiger partial charge in [0.15, 0.2) is 0 Å². The molecule has 29 heavy (non-hydrogen) atoms. The van der Waals surface area contributed by atoms with Crippen LogP contribution in [-0.4, -0.2) is 35.8 Å². The van der Waals surface area contributed by atoms with Gasteiger partial charge in [-0.15, -0.1) is 0 Å². The molecule has 7 heteroatoms. The van der Waals surface area contributed by atoms with E-state index in [1.54, 1.807) is 0 Å². The van der Waals surface area contributed by atoms with Gasteiger partial charge in [0.25, 0.3) is 11.8 Å². The number of rotatable bonds is 6. The highest BCUT2D eigenvalue weighted by Gasteiger charge is 2.21. The van der Waals surface area contributed by atoms with E-state index < -0.39 is 5.91 Å². The molecule has 1 heterocycles. The molecule has 1 aromatic heterocycles. The molecule has 7 nitrogen and oxygen atoms in total. The zero-order chi connectivity index (χ0) is 20.8. The number of oxime groups is 1. The molecule has 148 valence electrons. The second-order valence-electron chi connectivity index (χ2n) is 6.58. The molecule has 2 aromatic carbocycles. The van der Waals surface area contributed by atoms with Crippen molar-refractivity contribution in [3.05, 3.63) is 66.2 Å². The molecule has 0 aliphatic heterocycles. The monoisotopic (exact) mass is 391 g/mol. The molecule has 3 aromatic rings. The van der Waals surface area contributed by atoms with Crippen LogP contribution in [0.2, 0.25) is 0 Å². The fourth-order valence-electron chi connectivity index (χ4n) is 3.13. The van der Waals surface area contributed by atoms with Crippen LogP contribution in [0.25, 0.3) is 22.2 Å². The summed E-state index contributed by atoms with van der Waals surface area (Å²) in [6.45, 7) is 1.87. The number of hydrogen-bond donors (Lipinski definition) is 3. The Morgan fingerprint density at radius 2 is 1.66 bits per heavy atom. The number of nitrogens with zero attached hydrogens (tertiary/aromatic N) is 2. The Labute approximate surface area is 168 Å². The van der Waals surface area contributed by atoms with Gasteiger partial charge in [0, 0.05) is 30.8 Å². The van der Waals surface area contributed by atoms with E-state index in [0.29, 0.717) is 5.56 Å². The smallest absolute Gasteiger partial charge is 0.268 e. The lowest BCUT2D eigenvalue weighted by Gasteiger charge is -2.10. The Kier molecular flexibility index (Phi) is 6.19. The van der Waals surface area contributed by atoms with Crippen molar-refractivity contribution in [2.24, 2.45) is 12.2 Å². The third-order valence-electron chi connectivity index (χ3n) is 4.69. The summed E-state index contributed by atoms with van der Waals surface area (Å²) < 4.78 is 2.07. The maximum Gasteiger partial charge on any atom is 0.268 e. The first-order chi connectivity index (χ1) is 14.0. The number of carbonyl (C=O) groups excluding carboxylic acids is 2. The minimum absolute atomic E-state index is 0.0367. The summed E-state index contributed by atoms with van der Waals surface area (Å²) in [7, 11) is 1.98. The number of aryl methyl sites for hydroxylation is 1.